The molecular formula is C28H30F2N4O4. The highest BCUT2D eigenvalue weighted by atomic mass is 19.1. The topological polar surface area (TPSA) is 95.0 Å². The molecule has 3 amide bonds. The molecule has 0 unspecified atom stereocenters. The Balaban J connectivity index is 1.63. The van der Waals surface area contributed by atoms with E-state index in [1.807, 2.05) is 6.92 Å². The van der Waals surface area contributed by atoms with E-state index in [2.05, 4.69) is 10.3 Å². The van der Waals surface area contributed by atoms with Crippen LogP contribution >= 0.6 is 0 Å². The fourth-order valence-corrected chi connectivity index (χ4v) is 4.25. The summed E-state index contributed by atoms with van der Waals surface area (Å²) in [5, 5.41) is 12.4. The number of carbonyl (C=O) groups is 2. The van der Waals surface area contributed by atoms with Crippen molar-refractivity contribution >= 4 is 17.6 Å². The number of nitrogens with zero attached hydrogens (tertiary/aromatic N) is 3. The molecule has 8 nitrogen and oxygen atoms in total. The number of benzene rings is 2. The summed E-state index contributed by atoms with van der Waals surface area (Å²) in [6.07, 6.45) is 0.965. The lowest BCUT2D eigenvalue weighted by molar-refractivity contribution is 0.0356. The molecule has 1 aliphatic heterocycles. The van der Waals surface area contributed by atoms with Crippen LogP contribution in [0.1, 0.15) is 24.2 Å². The lowest BCUT2D eigenvalue weighted by Crippen LogP contribution is -2.50. The van der Waals surface area contributed by atoms with E-state index in [1.54, 1.807) is 43.1 Å². The number of amides is 3. The molecule has 0 fully saturated rings. The molecule has 0 saturated carbocycles. The molecule has 10 heteroatoms. The maximum Gasteiger partial charge on any atom is 0.321 e. The van der Waals surface area contributed by atoms with Crippen molar-refractivity contribution in [3.63, 3.8) is 0 Å². The van der Waals surface area contributed by atoms with Crippen molar-refractivity contribution < 1.29 is 28.2 Å². The fourth-order valence-electron chi connectivity index (χ4n) is 4.25. The van der Waals surface area contributed by atoms with Gasteiger partial charge in [0.25, 0.3) is 5.91 Å². The molecule has 0 saturated heterocycles. The van der Waals surface area contributed by atoms with Crippen molar-refractivity contribution in [3.8, 4) is 17.0 Å². The number of ether oxygens (including phenoxy) is 1. The summed E-state index contributed by atoms with van der Waals surface area (Å²) >= 11 is 0. The molecule has 1 aromatic heterocycles. The fraction of sp³-hybridized carbons (Fsp3) is 0.321. The highest BCUT2D eigenvalue weighted by Gasteiger charge is 2.35. The van der Waals surface area contributed by atoms with Gasteiger partial charge in [-0.2, -0.15) is 0 Å². The molecule has 38 heavy (non-hydrogen) atoms. The van der Waals surface area contributed by atoms with Gasteiger partial charge >= 0.3 is 6.03 Å². The maximum atomic E-state index is 14.0. The molecule has 2 heterocycles. The number of pyridine rings is 1. The Kier molecular flexibility index (Phi) is 8.21. The molecule has 3 atom stereocenters. The summed E-state index contributed by atoms with van der Waals surface area (Å²) in [6.45, 7) is 3.77. The van der Waals surface area contributed by atoms with Crippen molar-refractivity contribution in [1.29, 1.82) is 0 Å². The molecule has 0 aliphatic carbocycles. The minimum Gasteiger partial charge on any atom is -0.472 e. The summed E-state index contributed by atoms with van der Waals surface area (Å²) in [6, 6.07) is 12.3. The minimum atomic E-state index is -0.573. The molecule has 0 radical (unpaired) electrons. The van der Waals surface area contributed by atoms with E-state index < -0.39 is 24.0 Å². The van der Waals surface area contributed by atoms with Crippen LogP contribution in [-0.4, -0.2) is 70.7 Å². The molecule has 4 rings (SSSR count). The van der Waals surface area contributed by atoms with E-state index in [1.165, 1.54) is 41.4 Å². The molecule has 0 spiro atoms. The third-order valence-electron chi connectivity index (χ3n) is 6.61. The number of para-hydroxylation sites is 1. The zero-order chi connectivity index (χ0) is 27.4. The Labute approximate surface area is 219 Å². The number of hydrogen-bond donors (Lipinski definition) is 2. The van der Waals surface area contributed by atoms with E-state index in [0.29, 0.717) is 11.1 Å². The van der Waals surface area contributed by atoms with Crippen LogP contribution in [0.3, 0.4) is 0 Å². The number of halogens is 2. The first-order chi connectivity index (χ1) is 18.2. The zero-order valence-corrected chi connectivity index (χ0v) is 21.4. The van der Waals surface area contributed by atoms with Gasteiger partial charge in [0.15, 0.2) is 0 Å². The van der Waals surface area contributed by atoms with Gasteiger partial charge in [-0.3, -0.25) is 4.79 Å². The van der Waals surface area contributed by atoms with Crippen LogP contribution in [0.25, 0.3) is 11.1 Å². The molecule has 0 bridgehead atoms. The number of hydrogen-bond acceptors (Lipinski definition) is 5. The normalized spacial score (nSPS) is 18.1. The molecule has 3 aromatic rings. The third-order valence-corrected chi connectivity index (χ3v) is 6.61. The van der Waals surface area contributed by atoms with Gasteiger partial charge < -0.3 is 25.0 Å². The monoisotopic (exact) mass is 524 g/mol. The Hall–Kier alpha value is -4.05. The van der Waals surface area contributed by atoms with Gasteiger partial charge in [0.05, 0.1) is 24.9 Å². The van der Waals surface area contributed by atoms with Crippen molar-refractivity contribution in [2.24, 2.45) is 5.92 Å². The Morgan fingerprint density at radius 1 is 1.21 bits per heavy atom. The predicted molar refractivity (Wildman–Crippen MR) is 139 cm³/mol. The molecule has 2 N–H and O–H groups in total. The number of carbonyl (C=O) groups excluding carboxylic acids is 2. The summed E-state index contributed by atoms with van der Waals surface area (Å²) in [5.74, 6) is -1.44. The van der Waals surface area contributed by atoms with Gasteiger partial charge in [-0.1, -0.05) is 31.2 Å². The zero-order valence-electron chi connectivity index (χ0n) is 21.4. The van der Waals surface area contributed by atoms with Crippen LogP contribution in [-0.2, 0) is 0 Å². The number of aliphatic hydroxyl groups excluding tert-OH is 1. The lowest BCUT2D eigenvalue weighted by Gasteiger charge is -2.37. The number of fused-ring (bicyclic) bond motifs is 1. The van der Waals surface area contributed by atoms with E-state index >= 15 is 0 Å². The first-order valence-corrected chi connectivity index (χ1v) is 12.3. The Morgan fingerprint density at radius 3 is 2.61 bits per heavy atom. The number of rotatable bonds is 6. The molecular weight excluding hydrogens is 494 g/mol. The quantitative estimate of drug-likeness (QED) is 0.498. The number of urea groups is 1. The van der Waals surface area contributed by atoms with Crippen LogP contribution in [0.2, 0.25) is 0 Å². The van der Waals surface area contributed by atoms with Gasteiger partial charge in [0.2, 0.25) is 5.88 Å². The Bertz CT molecular complexity index is 1300. The first-order valence-electron chi connectivity index (χ1n) is 12.3. The summed E-state index contributed by atoms with van der Waals surface area (Å²) in [7, 11) is 1.57. The smallest absolute Gasteiger partial charge is 0.321 e. The maximum absolute atomic E-state index is 14.0. The summed E-state index contributed by atoms with van der Waals surface area (Å²) in [5.41, 5.74) is 1.53. The number of aromatic nitrogens is 1. The van der Waals surface area contributed by atoms with Crippen LogP contribution in [0, 0.1) is 17.6 Å². The number of nitrogens with one attached hydrogen (secondary N) is 1. The number of aliphatic hydroxyl groups is 1. The second kappa shape index (κ2) is 11.6. The van der Waals surface area contributed by atoms with Crippen molar-refractivity contribution in [2.75, 3.05) is 32.1 Å². The van der Waals surface area contributed by atoms with Crippen molar-refractivity contribution in [1.82, 2.24) is 14.8 Å². The molecule has 2 aromatic carbocycles. The standard InChI is InChI=1S/C28H30F2N4O4/c1-17-14-34(18(2)16-35)27(36)22-12-20(19-8-10-21(29)11-9-19)13-31-26(22)38-25(17)15-33(3)28(37)32-24-7-5-4-6-23(24)30/h4-13,17-18,25,35H,14-16H2,1-3H3,(H,32,37)/t17-,18-,25+/m1/s1. The Morgan fingerprint density at radius 2 is 1.92 bits per heavy atom. The second-order valence-corrected chi connectivity index (χ2v) is 9.50. The summed E-state index contributed by atoms with van der Waals surface area (Å²) in [4.78, 5) is 33.7. The average Bonchev–Trinajstić information content (AvgIpc) is 2.91. The lowest BCUT2D eigenvalue weighted by atomic mass is 9.99. The van der Waals surface area contributed by atoms with Crippen molar-refractivity contribution in [2.45, 2.75) is 26.0 Å². The third kappa shape index (κ3) is 5.91. The molecule has 1 aliphatic rings. The number of anilines is 1. The average molecular weight is 525 g/mol. The van der Waals surface area contributed by atoms with E-state index in [-0.39, 0.29) is 54.5 Å². The van der Waals surface area contributed by atoms with E-state index in [4.69, 9.17) is 4.74 Å². The van der Waals surface area contributed by atoms with Gasteiger partial charge in [-0.05, 0) is 42.8 Å². The van der Waals surface area contributed by atoms with Gasteiger partial charge in [-0.15, -0.1) is 0 Å². The van der Waals surface area contributed by atoms with Gasteiger partial charge in [0, 0.05) is 31.3 Å². The largest absolute Gasteiger partial charge is 0.472 e. The first kappa shape index (κ1) is 27.0. The highest BCUT2D eigenvalue weighted by molar-refractivity contribution is 5.98. The van der Waals surface area contributed by atoms with Gasteiger partial charge in [0.1, 0.15) is 23.3 Å². The van der Waals surface area contributed by atoms with Crippen LogP contribution in [0.15, 0.2) is 60.8 Å². The van der Waals surface area contributed by atoms with Crippen molar-refractivity contribution in [3.05, 3.63) is 78.0 Å². The van der Waals surface area contributed by atoms with Crippen LogP contribution in [0.4, 0.5) is 19.3 Å². The van der Waals surface area contributed by atoms with Gasteiger partial charge in [-0.25, -0.2) is 18.6 Å². The predicted octanol–water partition coefficient (Wildman–Crippen LogP) is 4.41. The number of likely N-dealkylation sites (N-methyl/N-ethyl adjacent to an activating group) is 1. The summed E-state index contributed by atoms with van der Waals surface area (Å²) < 4.78 is 33.7. The highest BCUT2D eigenvalue weighted by Crippen LogP contribution is 2.30. The minimum absolute atomic E-state index is 0.0601. The SMILES string of the molecule is C[C@@H]1CN([C@H](C)CO)C(=O)c2cc(-c3ccc(F)cc3)cnc2O[C@H]1CN(C)C(=O)Nc1ccccc1F. The van der Waals surface area contributed by atoms with Crippen LogP contribution < -0.4 is 10.1 Å². The van der Waals surface area contributed by atoms with Crippen LogP contribution in [0.5, 0.6) is 5.88 Å². The second-order valence-electron chi connectivity index (χ2n) is 9.50. The molecule has 200 valence electrons. The van der Waals surface area contributed by atoms with E-state index in [0.717, 1.165) is 0 Å². The van der Waals surface area contributed by atoms with E-state index in [9.17, 15) is 23.5 Å².